The topological polar surface area (TPSA) is 44.5 Å². The van der Waals surface area contributed by atoms with E-state index in [4.69, 9.17) is 15.2 Å². The van der Waals surface area contributed by atoms with E-state index in [1.165, 1.54) is 22.3 Å². The summed E-state index contributed by atoms with van der Waals surface area (Å²) in [6.45, 7) is 7.50. The molecule has 0 aromatic heterocycles. The maximum Gasteiger partial charge on any atom is 0.161 e. The molecule has 2 N–H and O–H groups in total. The lowest BCUT2D eigenvalue weighted by Crippen LogP contribution is -2.16. The van der Waals surface area contributed by atoms with E-state index in [0.717, 1.165) is 17.9 Å². The molecule has 124 valence electrons. The molecule has 0 aliphatic heterocycles. The Bertz CT molecular complexity index is 652. The molecule has 0 aliphatic carbocycles. The molecule has 0 aliphatic rings. The Labute approximate surface area is 139 Å². The van der Waals surface area contributed by atoms with Crippen molar-refractivity contribution in [2.75, 3.05) is 20.3 Å². The van der Waals surface area contributed by atoms with Gasteiger partial charge in [-0.3, -0.25) is 0 Å². The van der Waals surface area contributed by atoms with Crippen molar-refractivity contribution in [2.45, 2.75) is 33.1 Å². The highest BCUT2D eigenvalue weighted by atomic mass is 16.5. The van der Waals surface area contributed by atoms with Crippen LogP contribution in [0.4, 0.5) is 0 Å². The van der Waals surface area contributed by atoms with Crippen LogP contribution >= 0.6 is 0 Å². The summed E-state index contributed by atoms with van der Waals surface area (Å²) < 4.78 is 11.0. The van der Waals surface area contributed by atoms with Gasteiger partial charge in [0, 0.05) is 5.92 Å². The standard InChI is InChI=1S/C20H27NO2/c1-5-23-19-9-7-16(12-20(19)22-4)11-17(13-21)18-8-6-14(2)10-15(18)3/h6-10,12,17H,5,11,13,21H2,1-4H3. The molecule has 3 nitrogen and oxygen atoms in total. The third kappa shape index (κ3) is 4.26. The van der Waals surface area contributed by atoms with E-state index in [1.807, 2.05) is 13.0 Å². The predicted molar refractivity (Wildman–Crippen MR) is 95.6 cm³/mol. The highest BCUT2D eigenvalue weighted by Gasteiger charge is 2.15. The summed E-state index contributed by atoms with van der Waals surface area (Å²) in [4.78, 5) is 0. The molecule has 1 unspecified atom stereocenters. The molecule has 3 heteroatoms. The zero-order valence-electron chi connectivity index (χ0n) is 14.6. The molecular weight excluding hydrogens is 286 g/mol. The first-order chi connectivity index (χ1) is 11.1. The normalized spacial score (nSPS) is 12.0. The van der Waals surface area contributed by atoms with Gasteiger partial charge in [-0.1, -0.05) is 29.8 Å². The molecule has 2 aromatic rings. The van der Waals surface area contributed by atoms with Crippen LogP contribution in [0, 0.1) is 13.8 Å². The van der Waals surface area contributed by atoms with Crippen LogP contribution in [0.5, 0.6) is 11.5 Å². The summed E-state index contributed by atoms with van der Waals surface area (Å²) in [5.41, 5.74) is 11.2. The number of ether oxygens (including phenoxy) is 2. The summed E-state index contributed by atoms with van der Waals surface area (Å²) in [5.74, 6) is 1.87. The third-order valence-electron chi connectivity index (χ3n) is 4.16. The molecule has 23 heavy (non-hydrogen) atoms. The monoisotopic (exact) mass is 313 g/mol. The summed E-state index contributed by atoms with van der Waals surface area (Å²) >= 11 is 0. The van der Waals surface area contributed by atoms with Gasteiger partial charge < -0.3 is 15.2 Å². The van der Waals surface area contributed by atoms with E-state index in [-0.39, 0.29) is 0 Å². The quantitative estimate of drug-likeness (QED) is 0.840. The van der Waals surface area contributed by atoms with E-state index >= 15 is 0 Å². The molecule has 0 spiro atoms. The summed E-state index contributed by atoms with van der Waals surface area (Å²) in [5, 5.41) is 0. The SMILES string of the molecule is CCOc1ccc(CC(CN)c2ccc(C)cc2C)cc1OC. The minimum atomic E-state index is 0.304. The fourth-order valence-corrected chi connectivity index (χ4v) is 3.00. The van der Waals surface area contributed by atoms with Crippen LogP contribution in [-0.2, 0) is 6.42 Å². The zero-order valence-corrected chi connectivity index (χ0v) is 14.6. The number of aryl methyl sites for hydroxylation is 2. The number of methoxy groups -OCH3 is 1. The van der Waals surface area contributed by atoms with Crippen molar-refractivity contribution >= 4 is 0 Å². The Kier molecular flexibility index (Phi) is 6.05. The Balaban J connectivity index is 2.24. The highest BCUT2D eigenvalue weighted by molar-refractivity contribution is 5.44. The van der Waals surface area contributed by atoms with Gasteiger partial charge >= 0.3 is 0 Å². The Morgan fingerprint density at radius 3 is 2.43 bits per heavy atom. The molecule has 2 aromatic carbocycles. The molecule has 0 fully saturated rings. The van der Waals surface area contributed by atoms with E-state index in [1.54, 1.807) is 7.11 Å². The summed E-state index contributed by atoms with van der Waals surface area (Å²) in [6.07, 6.45) is 0.892. The van der Waals surface area contributed by atoms with Gasteiger partial charge in [-0.05, 0) is 62.6 Å². The molecule has 0 bridgehead atoms. The minimum absolute atomic E-state index is 0.304. The van der Waals surface area contributed by atoms with Crippen LogP contribution in [0.2, 0.25) is 0 Å². The van der Waals surface area contributed by atoms with E-state index in [0.29, 0.717) is 19.1 Å². The van der Waals surface area contributed by atoms with Crippen molar-refractivity contribution in [3.63, 3.8) is 0 Å². The van der Waals surface area contributed by atoms with E-state index < -0.39 is 0 Å². The fourth-order valence-electron chi connectivity index (χ4n) is 3.00. The van der Waals surface area contributed by atoms with Crippen LogP contribution < -0.4 is 15.2 Å². The fraction of sp³-hybridized carbons (Fsp3) is 0.400. The number of nitrogens with two attached hydrogens (primary N) is 1. The molecule has 2 rings (SSSR count). The summed E-state index contributed by atoms with van der Waals surface area (Å²) in [6, 6.07) is 12.7. The van der Waals surface area contributed by atoms with Gasteiger partial charge in [-0.25, -0.2) is 0 Å². The number of rotatable bonds is 7. The molecular formula is C20H27NO2. The van der Waals surface area contributed by atoms with Gasteiger partial charge in [0.2, 0.25) is 0 Å². The Morgan fingerprint density at radius 1 is 1.04 bits per heavy atom. The first-order valence-corrected chi connectivity index (χ1v) is 8.16. The number of benzene rings is 2. The lowest BCUT2D eigenvalue weighted by atomic mass is 9.88. The predicted octanol–water partition coefficient (Wildman–Crippen LogP) is 4.00. The third-order valence-corrected chi connectivity index (χ3v) is 4.16. The van der Waals surface area contributed by atoms with Crippen molar-refractivity contribution in [2.24, 2.45) is 5.73 Å². The minimum Gasteiger partial charge on any atom is -0.493 e. The van der Waals surface area contributed by atoms with Crippen LogP contribution in [0.1, 0.15) is 35.1 Å². The molecule has 1 atom stereocenters. The largest absolute Gasteiger partial charge is 0.493 e. The van der Waals surface area contributed by atoms with Gasteiger partial charge in [-0.2, -0.15) is 0 Å². The zero-order chi connectivity index (χ0) is 16.8. The Morgan fingerprint density at radius 2 is 1.83 bits per heavy atom. The van der Waals surface area contributed by atoms with Crippen LogP contribution in [0.15, 0.2) is 36.4 Å². The van der Waals surface area contributed by atoms with Crippen LogP contribution in [0.25, 0.3) is 0 Å². The highest BCUT2D eigenvalue weighted by Crippen LogP contribution is 2.31. The Hall–Kier alpha value is -2.00. The molecule has 0 saturated heterocycles. The van der Waals surface area contributed by atoms with Gasteiger partial charge in [0.15, 0.2) is 11.5 Å². The molecule has 0 saturated carbocycles. The lowest BCUT2D eigenvalue weighted by Gasteiger charge is -2.19. The van der Waals surface area contributed by atoms with Gasteiger partial charge in [0.25, 0.3) is 0 Å². The maximum atomic E-state index is 6.05. The van der Waals surface area contributed by atoms with E-state index in [9.17, 15) is 0 Å². The second kappa shape index (κ2) is 8.02. The van der Waals surface area contributed by atoms with Gasteiger partial charge in [-0.15, -0.1) is 0 Å². The van der Waals surface area contributed by atoms with Gasteiger partial charge in [0.05, 0.1) is 13.7 Å². The van der Waals surface area contributed by atoms with Crippen molar-refractivity contribution in [1.82, 2.24) is 0 Å². The maximum absolute atomic E-state index is 6.05. The molecule has 0 radical (unpaired) electrons. The van der Waals surface area contributed by atoms with Crippen molar-refractivity contribution in [3.05, 3.63) is 58.7 Å². The molecule has 0 heterocycles. The van der Waals surface area contributed by atoms with Gasteiger partial charge in [0.1, 0.15) is 0 Å². The second-order valence-electron chi connectivity index (χ2n) is 5.92. The average molecular weight is 313 g/mol. The molecule has 0 amide bonds. The first-order valence-electron chi connectivity index (χ1n) is 8.16. The lowest BCUT2D eigenvalue weighted by molar-refractivity contribution is 0.310. The second-order valence-corrected chi connectivity index (χ2v) is 5.92. The van der Waals surface area contributed by atoms with Crippen molar-refractivity contribution in [3.8, 4) is 11.5 Å². The average Bonchev–Trinajstić information content (AvgIpc) is 2.54. The number of hydrogen-bond donors (Lipinski definition) is 1. The van der Waals surface area contributed by atoms with Crippen molar-refractivity contribution < 1.29 is 9.47 Å². The first kappa shape index (κ1) is 17.4. The van der Waals surface area contributed by atoms with Crippen LogP contribution in [-0.4, -0.2) is 20.3 Å². The number of hydrogen-bond acceptors (Lipinski definition) is 3. The smallest absolute Gasteiger partial charge is 0.161 e. The van der Waals surface area contributed by atoms with E-state index in [2.05, 4.69) is 44.2 Å². The van der Waals surface area contributed by atoms with Crippen molar-refractivity contribution in [1.29, 1.82) is 0 Å². The van der Waals surface area contributed by atoms with Crippen LogP contribution in [0.3, 0.4) is 0 Å². The summed E-state index contributed by atoms with van der Waals surface area (Å²) in [7, 11) is 1.67.